The van der Waals surface area contributed by atoms with Crippen LogP contribution in [0.25, 0.3) is 98.8 Å². The molecule has 228 valence electrons. The summed E-state index contributed by atoms with van der Waals surface area (Å²) in [4.78, 5) is 0. The zero-order chi connectivity index (χ0) is 41.0. The van der Waals surface area contributed by atoms with Crippen LogP contribution in [0.15, 0.2) is 186 Å². The van der Waals surface area contributed by atoms with Gasteiger partial charge in [0, 0.05) is 10.8 Å². The van der Waals surface area contributed by atoms with Crippen molar-refractivity contribution in [1.82, 2.24) is 0 Å². The lowest BCUT2D eigenvalue weighted by Gasteiger charge is -2.20. The number of hydrogen-bond acceptors (Lipinski definition) is 1. The van der Waals surface area contributed by atoms with Gasteiger partial charge in [-0.05, 0) is 95.0 Å². The van der Waals surface area contributed by atoms with Gasteiger partial charge in [0.15, 0.2) is 0 Å². The molecule has 0 saturated carbocycles. The standard InChI is InChI=1S/C48H30O/c1-3-14-31(15-4-1)33-26-29-44-43(30-33)48-42(24-13-25-45(48)49-44)47-39-22-11-9-20-37(39)46(38-21-10-12-23-40(38)47)41-28-27-34(32-16-5-2-6-17-32)35-18-7-8-19-36(35)41/h1-30H/i1D,2D,3D,4D,5D,6D,14D,15D,16D,17D. The van der Waals surface area contributed by atoms with Gasteiger partial charge in [0.05, 0.1) is 13.7 Å². The van der Waals surface area contributed by atoms with Gasteiger partial charge >= 0.3 is 0 Å². The van der Waals surface area contributed by atoms with Crippen LogP contribution in [-0.2, 0) is 0 Å². The molecule has 0 N–H and O–H groups in total. The summed E-state index contributed by atoms with van der Waals surface area (Å²) in [5.74, 6) is 0. The van der Waals surface area contributed by atoms with Crippen molar-refractivity contribution in [3.05, 3.63) is 182 Å². The minimum atomic E-state index is -0.443. The van der Waals surface area contributed by atoms with Crippen molar-refractivity contribution in [2.45, 2.75) is 0 Å². The van der Waals surface area contributed by atoms with Crippen molar-refractivity contribution < 1.29 is 18.1 Å². The summed E-state index contributed by atoms with van der Waals surface area (Å²) in [7, 11) is 0. The monoisotopic (exact) mass is 632 g/mol. The fourth-order valence-electron chi connectivity index (χ4n) is 7.41. The maximum absolute atomic E-state index is 8.76. The minimum Gasteiger partial charge on any atom is -0.456 e. The van der Waals surface area contributed by atoms with E-state index in [1.165, 1.54) is 0 Å². The Labute approximate surface area is 298 Å². The second-order valence-electron chi connectivity index (χ2n) is 12.0. The normalized spacial score (nSPS) is 14.5. The Morgan fingerprint density at radius 3 is 1.51 bits per heavy atom. The van der Waals surface area contributed by atoms with E-state index in [4.69, 9.17) is 18.1 Å². The number of fused-ring (bicyclic) bond motifs is 6. The maximum atomic E-state index is 8.76. The summed E-state index contributed by atoms with van der Waals surface area (Å²) in [5, 5.41) is 7.10. The van der Waals surface area contributed by atoms with E-state index in [2.05, 4.69) is 30.3 Å². The Bertz CT molecular complexity index is 3350. The van der Waals surface area contributed by atoms with Gasteiger partial charge in [-0.2, -0.15) is 0 Å². The van der Waals surface area contributed by atoms with Crippen molar-refractivity contribution in [2.75, 3.05) is 0 Å². The molecule has 0 amide bonds. The lowest BCUT2D eigenvalue weighted by atomic mass is 9.83. The number of furan rings is 1. The summed E-state index contributed by atoms with van der Waals surface area (Å²) >= 11 is 0. The van der Waals surface area contributed by atoms with Crippen molar-refractivity contribution in [2.24, 2.45) is 0 Å². The lowest BCUT2D eigenvalue weighted by molar-refractivity contribution is 0.669. The zero-order valence-corrected chi connectivity index (χ0v) is 26.0. The number of rotatable bonds is 4. The van der Waals surface area contributed by atoms with Gasteiger partial charge in [-0.15, -0.1) is 0 Å². The van der Waals surface area contributed by atoms with Crippen LogP contribution in [0.4, 0.5) is 0 Å². The van der Waals surface area contributed by atoms with Crippen LogP contribution in [0.5, 0.6) is 0 Å². The second kappa shape index (κ2) is 11.1. The highest BCUT2D eigenvalue weighted by Gasteiger charge is 2.21. The van der Waals surface area contributed by atoms with Gasteiger partial charge in [0.1, 0.15) is 11.2 Å². The van der Waals surface area contributed by atoms with E-state index >= 15 is 0 Å². The molecular weight excluding hydrogens is 593 g/mol. The molecular formula is C48H30O. The van der Waals surface area contributed by atoms with Crippen molar-refractivity contribution in [3.8, 4) is 44.5 Å². The van der Waals surface area contributed by atoms with E-state index in [9.17, 15) is 0 Å². The van der Waals surface area contributed by atoms with Gasteiger partial charge in [0.25, 0.3) is 0 Å². The van der Waals surface area contributed by atoms with Gasteiger partial charge in [0.2, 0.25) is 0 Å². The first-order valence-corrected chi connectivity index (χ1v) is 16.0. The molecule has 49 heavy (non-hydrogen) atoms. The number of benzene rings is 9. The minimum absolute atomic E-state index is 0.120. The van der Waals surface area contributed by atoms with Crippen LogP contribution in [0.3, 0.4) is 0 Å². The smallest absolute Gasteiger partial charge is 0.136 e. The van der Waals surface area contributed by atoms with E-state index in [0.717, 1.165) is 65.3 Å². The summed E-state index contributed by atoms with van der Waals surface area (Å²) in [6, 6.07) is 35.8. The maximum Gasteiger partial charge on any atom is 0.136 e. The highest BCUT2D eigenvalue weighted by molar-refractivity contribution is 6.27. The molecule has 10 rings (SSSR count). The van der Waals surface area contributed by atoms with E-state index in [1.54, 1.807) is 12.1 Å². The van der Waals surface area contributed by atoms with E-state index < -0.39 is 24.2 Å². The van der Waals surface area contributed by atoms with Crippen LogP contribution in [0, 0.1) is 0 Å². The van der Waals surface area contributed by atoms with Crippen LogP contribution < -0.4 is 0 Å². The lowest BCUT2D eigenvalue weighted by Crippen LogP contribution is -1.92. The predicted octanol–water partition coefficient (Wildman–Crippen LogP) is 13.7. The largest absolute Gasteiger partial charge is 0.456 e. The molecule has 0 aliphatic heterocycles. The molecule has 0 fully saturated rings. The summed E-state index contributed by atoms with van der Waals surface area (Å²) in [5.41, 5.74) is 6.32. The highest BCUT2D eigenvalue weighted by Crippen LogP contribution is 2.48. The molecule has 1 nitrogen and oxygen atoms in total. The third-order valence-electron chi connectivity index (χ3n) is 9.45. The van der Waals surface area contributed by atoms with Gasteiger partial charge in [-0.1, -0.05) is 164 Å². The molecule has 0 spiro atoms. The van der Waals surface area contributed by atoms with Crippen molar-refractivity contribution in [3.63, 3.8) is 0 Å². The molecule has 0 atom stereocenters. The summed E-state index contributed by atoms with van der Waals surface area (Å²) in [6.45, 7) is 0. The van der Waals surface area contributed by atoms with Crippen LogP contribution in [0.1, 0.15) is 13.7 Å². The molecule has 0 unspecified atom stereocenters. The average Bonchev–Trinajstić information content (AvgIpc) is 3.64. The topological polar surface area (TPSA) is 13.1 Å². The molecule has 0 saturated heterocycles. The van der Waals surface area contributed by atoms with Gasteiger partial charge < -0.3 is 4.42 Å². The molecule has 10 aromatic rings. The number of hydrogen-bond donors (Lipinski definition) is 0. The van der Waals surface area contributed by atoms with Crippen molar-refractivity contribution >= 4 is 54.3 Å². The van der Waals surface area contributed by atoms with Crippen LogP contribution >= 0.6 is 0 Å². The zero-order valence-electron chi connectivity index (χ0n) is 36.0. The van der Waals surface area contributed by atoms with Gasteiger partial charge in [-0.25, -0.2) is 0 Å². The Morgan fingerprint density at radius 2 is 0.878 bits per heavy atom. The molecule has 1 heteroatoms. The third kappa shape index (κ3) is 4.33. The molecule has 0 aliphatic carbocycles. The van der Waals surface area contributed by atoms with Crippen molar-refractivity contribution in [1.29, 1.82) is 0 Å². The Morgan fingerprint density at radius 1 is 0.347 bits per heavy atom. The quantitative estimate of drug-likeness (QED) is 0.176. The van der Waals surface area contributed by atoms with Gasteiger partial charge in [-0.3, -0.25) is 0 Å². The highest BCUT2D eigenvalue weighted by atomic mass is 16.3. The Hall–Kier alpha value is -6.44. The first-order chi connectivity index (χ1) is 28.5. The predicted molar refractivity (Wildman–Crippen MR) is 208 cm³/mol. The average molecular weight is 633 g/mol. The summed E-state index contributed by atoms with van der Waals surface area (Å²) in [6.07, 6.45) is 0. The van der Waals surface area contributed by atoms with E-state index in [-0.39, 0.29) is 47.4 Å². The Balaban J connectivity index is 1.27. The van der Waals surface area contributed by atoms with Crippen LogP contribution in [0.2, 0.25) is 0 Å². The SMILES string of the molecule is [2H]c1c([2H])c([2H])c(-c2ccc3oc4cccc(-c5c6ccccc6c(-c6ccc(-c7c([2H])c([2H])c([2H])c([2H])c7[2H])c7ccccc67)c6ccccc56)c4c3c2)c([2H])c1[2H]. The first-order valence-electron chi connectivity index (χ1n) is 21.0. The Kier molecular flexibility index (Phi) is 4.39. The second-order valence-corrected chi connectivity index (χ2v) is 12.0. The third-order valence-corrected chi connectivity index (χ3v) is 9.45. The summed E-state index contributed by atoms with van der Waals surface area (Å²) < 4.78 is 90.9. The van der Waals surface area contributed by atoms with Crippen LogP contribution in [-0.4, -0.2) is 0 Å². The molecule has 1 aromatic heterocycles. The molecule has 0 aliphatic rings. The first kappa shape index (κ1) is 19.4. The van der Waals surface area contributed by atoms with E-state index in [0.29, 0.717) is 22.3 Å². The molecule has 9 aromatic carbocycles. The molecule has 0 bridgehead atoms. The van der Waals surface area contributed by atoms with E-state index in [1.807, 2.05) is 78.9 Å². The molecule has 1 heterocycles. The fraction of sp³-hybridized carbons (Fsp3) is 0. The molecule has 0 radical (unpaired) electrons. The fourth-order valence-corrected chi connectivity index (χ4v) is 7.41.